The van der Waals surface area contributed by atoms with Crippen molar-refractivity contribution in [1.29, 1.82) is 0 Å². The van der Waals surface area contributed by atoms with Gasteiger partial charge >= 0.3 is 0 Å². The maximum Gasteiger partial charge on any atom is 0.291 e. The molecule has 2 amide bonds. The van der Waals surface area contributed by atoms with Gasteiger partial charge < -0.3 is 9.80 Å². The van der Waals surface area contributed by atoms with E-state index >= 15 is 0 Å². The Kier molecular flexibility index (Phi) is 13.4. The molecule has 0 spiro atoms. The lowest BCUT2D eigenvalue weighted by Crippen LogP contribution is -2.37. The van der Waals surface area contributed by atoms with Crippen LogP contribution < -0.4 is 0 Å². The molecule has 2 saturated heterocycles. The van der Waals surface area contributed by atoms with Gasteiger partial charge in [-0.3, -0.25) is 39.4 Å². The molecule has 0 N–H and O–H groups in total. The number of ketones is 2. The molecule has 0 aliphatic carbocycles. The third kappa shape index (κ3) is 9.58. The van der Waals surface area contributed by atoms with Gasteiger partial charge in [0.15, 0.2) is 0 Å². The number of nitrogens with zero attached hydrogens (tertiary/aromatic N) is 4. The van der Waals surface area contributed by atoms with Crippen molar-refractivity contribution in [3.63, 3.8) is 0 Å². The normalized spacial score (nSPS) is 14.9. The van der Waals surface area contributed by atoms with Gasteiger partial charge in [-0.15, -0.1) is 0 Å². The van der Waals surface area contributed by atoms with Gasteiger partial charge in [-0.25, -0.2) is 0 Å². The van der Waals surface area contributed by atoms with Crippen LogP contribution in [0.25, 0.3) is 34.4 Å². The Morgan fingerprint density at radius 2 is 0.949 bits per heavy atom. The zero-order valence-electron chi connectivity index (χ0n) is 33.5. The molecule has 304 valence electrons. The van der Waals surface area contributed by atoms with Crippen molar-refractivity contribution in [3.8, 4) is 22.3 Å². The Balaban J connectivity index is 1.52. The lowest BCUT2D eigenvalue weighted by molar-refractivity contribution is -0.387. The Labute approximate surface area is 347 Å². The van der Waals surface area contributed by atoms with Crippen LogP contribution in [0.5, 0.6) is 0 Å². The SMILES string of the molecule is CC(C)c1ccccc1-c1c(C=CC(=O)N2CCC(=O)CC2)ccc(Sc2ccc(C=CC(=O)N3CCC(=O)CC3)c(-c3ccccc3C(C)C)c2[N+](=O)[O-])c1[N+](=O)[O-]. The number of hydrogen-bond acceptors (Lipinski definition) is 9. The van der Waals surface area contributed by atoms with Crippen LogP contribution in [0.3, 0.4) is 0 Å². The van der Waals surface area contributed by atoms with E-state index in [4.69, 9.17) is 0 Å². The molecule has 4 aromatic carbocycles. The standard InChI is InChI=1S/C46H46N4O8S/c1-29(2)35-9-5-7-11-37(35)43-31(15-19-41(53)47-25-21-33(51)22-26-47)13-17-39(45(43)49(55)56)59-40-18-14-32(16-20-42(54)48-27-23-34(52)24-28-48)44(46(40)50(57)58)38-12-8-6-10-36(38)30(3)4/h5-20,29-30H,21-28H2,1-4H3. The van der Waals surface area contributed by atoms with Crippen LogP contribution in [0.15, 0.2) is 94.7 Å². The van der Waals surface area contributed by atoms with Crippen LogP contribution in [0, 0.1) is 20.2 Å². The highest BCUT2D eigenvalue weighted by atomic mass is 32.2. The summed E-state index contributed by atoms with van der Waals surface area (Å²) in [5.41, 5.74) is 3.71. The van der Waals surface area contributed by atoms with Crippen molar-refractivity contribution in [2.45, 2.75) is 75.0 Å². The number of rotatable bonds is 12. The molecule has 0 aromatic heterocycles. The monoisotopic (exact) mass is 814 g/mol. The first kappa shape index (κ1) is 42.4. The Morgan fingerprint density at radius 1 is 0.593 bits per heavy atom. The summed E-state index contributed by atoms with van der Waals surface area (Å²) in [6.45, 7) is 9.13. The van der Waals surface area contributed by atoms with Crippen LogP contribution in [-0.2, 0) is 19.2 Å². The average Bonchev–Trinajstić information content (AvgIpc) is 3.22. The van der Waals surface area contributed by atoms with Gasteiger partial charge in [-0.2, -0.15) is 0 Å². The summed E-state index contributed by atoms with van der Waals surface area (Å²) in [5, 5.41) is 26.6. The van der Waals surface area contributed by atoms with Gasteiger partial charge in [-0.05, 0) is 69.5 Å². The molecule has 2 aliphatic heterocycles. The number of likely N-dealkylation sites (tertiary alicyclic amines) is 2. The number of amides is 2. The quantitative estimate of drug-likeness (QED) is 0.0770. The number of nitro groups is 2. The topological polar surface area (TPSA) is 161 Å². The second-order valence-corrected chi connectivity index (χ2v) is 16.3. The Morgan fingerprint density at radius 3 is 1.29 bits per heavy atom. The summed E-state index contributed by atoms with van der Waals surface area (Å²) in [6, 6.07) is 21.2. The van der Waals surface area contributed by atoms with Gasteiger partial charge in [-0.1, -0.05) is 100 Å². The van der Waals surface area contributed by atoms with E-state index in [-0.39, 0.29) is 93.2 Å². The minimum atomic E-state index is -0.484. The van der Waals surface area contributed by atoms with Gasteiger partial charge in [0.05, 0.1) is 30.8 Å². The van der Waals surface area contributed by atoms with Crippen LogP contribution in [0.4, 0.5) is 11.4 Å². The van der Waals surface area contributed by atoms with Gasteiger partial charge in [0.25, 0.3) is 11.4 Å². The smallest absolute Gasteiger partial charge is 0.291 e. The molecule has 13 heteroatoms. The number of nitro benzene ring substituents is 2. The zero-order valence-corrected chi connectivity index (χ0v) is 34.3. The number of carbonyl (C=O) groups is 4. The van der Waals surface area contributed by atoms with Gasteiger partial charge in [0.1, 0.15) is 11.6 Å². The lowest BCUT2D eigenvalue weighted by Gasteiger charge is -2.24. The molecule has 0 bridgehead atoms. The number of piperidine rings is 2. The van der Waals surface area contributed by atoms with Crippen molar-refractivity contribution in [1.82, 2.24) is 9.80 Å². The maximum atomic E-state index is 13.3. The molecule has 2 fully saturated rings. The molecule has 0 unspecified atom stereocenters. The van der Waals surface area contributed by atoms with Gasteiger partial charge in [0, 0.05) is 64.0 Å². The first-order chi connectivity index (χ1) is 28.2. The lowest BCUT2D eigenvalue weighted by atomic mass is 9.89. The molecular weight excluding hydrogens is 769 g/mol. The average molecular weight is 815 g/mol. The molecule has 2 heterocycles. The largest absolute Gasteiger partial charge is 0.338 e. The van der Waals surface area contributed by atoms with Gasteiger partial charge in [0.2, 0.25) is 11.8 Å². The van der Waals surface area contributed by atoms with E-state index in [1.165, 1.54) is 12.2 Å². The highest BCUT2D eigenvalue weighted by Crippen LogP contribution is 2.50. The predicted octanol–water partition coefficient (Wildman–Crippen LogP) is 9.64. The van der Waals surface area contributed by atoms with Crippen LogP contribution >= 0.6 is 11.8 Å². The second-order valence-electron chi connectivity index (χ2n) is 15.2. The summed E-state index contributed by atoms with van der Waals surface area (Å²) in [5.74, 6) is -0.483. The van der Waals surface area contributed by atoms with Crippen LogP contribution in [-0.4, -0.2) is 69.2 Å². The Hall–Kier alpha value is -6.21. The van der Waals surface area contributed by atoms with E-state index in [0.29, 0.717) is 48.4 Å². The zero-order chi connectivity index (χ0) is 42.4. The van der Waals surface area contributed by atoms with Crippen molar-refractivity contribution in [2.24, 2.45) is 0 Å². The number of carbonyl (C=O) groups excluding carboxylic acids is 4. The fraction of sp³-hybridized carbons (Fsp3) is 0.304. The molecule has 0 saturated carbocycles. The number of Topliss-reactive ketones (excluding diaryl/α,β-unsaturated/α-hetero) is 2. The summed E-state index contributed by atoms with van der Waals surface area (Å²) >= 11 is 0.910. The molecule has 0 atom stereocenters. The molecule has 12 nitrogen and oxygen atoms in total. The highest BCUT2D eigenvalue weighted by molar-refractivity contribution is 7.99. The second kappa shape index (κ2) is 18.6. The molecule has 2 aliphatic rings. The first-order valence-electron chi connectivity index (χ1n) is 19.7. The third-order valence-corrected chi connectivity index (χ3v) is 11.8. The minimum Gasteiger partial charge on any atom is -0.338 e. The maximum absolute atomic E-state index is 13.3. The van der Waals surface area contributed by atoms with E-state index in [0.717, 1.165) is 22.9 Å². The van der Waals surface area contributed by atoms with Crippen molar-refractivity contribution >= 4 is 58.7 Å². The highest BCUT2D eigenvalue weighted by Gasteiger charge is 2.32. The fourth-order valence-electron chi connectivity index (χ4n) is 7.61. The van der Waals surface area contributed by atoms with Crippen LogP contribution in [0.1, 0.15) is 87.5 Å². The summed E-state index contributed by atoms with van der Waals surface area (Å²) in [6.07, 6.45) is 6.95. The minimum absolute atomic E-state index is 0.0268. The van der Waals surface area contributed by atoms with E-state index in [1.807, 2.05) is 52.0 Å². The van der Waals surface area contributed by atoms with E-state index < -0.39 is 9.85 Å². The van der Waals surface area contributed by atoms with E-state index in [2.05, 4.69) is 0 Å². The molecule has 4 aromatic rings. The number of benzene rings is 4. The fourth-order valence-corrected chi connectivity index (χ4v) is 8.66. The van der Waals surface area contributed by atoms with Crippen LogP contribution in [0.2, 0.25) is 0 Å². The summed E-state index contributed by atoms with van der Waals surface area (Å²) in [4.78, 5) is 79.2. The third-order valence-electron chi connectivity index (χ3n) is 10.7. The number of hydrogen-bond donors (Lipinski definition) is 0. The predicted molar refractivity (Wildman–Crippen MR) is 229 cm³/mol. The first-order valence-corrected chi connectivity index (χ1v) is 20.5. The van der Waals surface area contributed by atoms with E-state index in [9.17, 15) is 39.4 Å². The summed E-state index contributed by atoms with van der Waals surface area (Å²) < 4.78 is 0. The molecular formula is C46H46N4O8S. The van der Waals surface area contributed by atoms with Crippen molar-refractivity contribution < 1.29 is 29.0 Å². The summed E-state index contributed by atoms with van der Waals surface area (Å²) in [7, 11) is 0. The molecule has 6 rings (SSSR count). The van der Waals surface area contributed by atoms with Crippen molar-refractivity contribution in [3.05, 3.63) is 127 Å². The van der Waals surface area contributed by atoms with E-state index in [1.54, 1.807) is 70.5 Å². The Bertz CT molecular complexity index is 2220. The molecule has 59 heavy (non-hydrogen) atoms. The molecule has 0 radical (unpaired) electrons. The van der Waals surface area contributed by atoms with Crippen molar-refractivity contribution in [2.75, 3.05) is 26.2 Å².